The van der Waals surface area contributed by atoms with Gasteiger partial charge in [-0.05, 0) is 24.3 Å². The lowest BCUT2D eigenvalue weighted by Crippen LogP contribution is -2.09. The Kier molecular flexibility index (Phi) is 6.24. The second-order valence-electron chi connectivity index (χ2n) is 3.66. The molecule has 2 aromatic carbocycles. The maximum absolute atomic E-state index is 10.9. The summed E-state index contributed by atoms with van der Waals surface area (Å²) in [6.07, 6.45) is -0.102. The van der Waals surface area contributed by atoms with Gasteiger partial charge in [-0.15, -0.1) is 0 Å². The second kappa shape index (κ2) is 8.31. The van der Waals surface area contributed by atoms with E-state index in [4.69, 9.17) is 11.0 Å². The molecule has 2 rings (SSSR count). The summed E-state index contributed by atoms with van der Waals surface area (Å²) in [6.45, 7) is 0. The van der Waals surface area contributed by atoms with Gasteiger partial charge in [-0.2, -0.15) is 5.26 Å². The number of hydrogen-bond donors (Lipinski definition) is 2. The fourth-order valence-corrected chi connectivity index (χ4v) is 1.25. The molecule has 0 fully saturated rings. The summed E-state index contributed by atoms with van der Waals surface area (Å²) in [5.74, 6) is -0.274. The van der Waals surface area contributed by atoms with E-state index >= 15 is 0 Å². The molecule has 2 aromatic rings. The molecule has 0 saturated heterocycles. The third-order valence-electron chi connectivity index (χ3n) is 2.10. The molecule has 0 aliphatic heterocycles. The van der Waals surface area contributed by atoms with Crippen LogP contribution in [-0.4, -0.2) is 5.91 Å². The van der Waals surface area contributed by atoms with E-state index in [1.54, 1.807) is 18.2 Å². The van der Waals surface area contributed by atoms with Gasteiger partial charge in [0.25, 0.3) is 0 Å². The van der Waals surface area contributed by atoms with Gasteiger partial charge >= 0.3 is 0 Å². The predicted molar refractivity (Wildman–Crippen MR) is 76.2 cm³/mol. The fourth-order valence-electron chi connectivity index (χ4n) is 1.25. The zero-order valence-corrected chi connectivity index (χ0v) is 10.4. The first kappa shape index (κ1) is 14.3. The maximum atomic E-state index is 10.9. The summed E-state index contributed by atoms with van der Waals surface area (Å²) in [5.41, 5.74) is 6.90. The normalized spacial score (nSPS) is 8.58. The molecular weight excluding hydrogens is 238 g/mol. The number of rotatable bonds is 2. The number of nitrogens with two attached hydrogens (primary N) is 1. The molecule has 3 N–H and O–H groups in total. The van der Waals surface area contributed by atoms with Crippen molar-refractivity contribution in [3.05, 3.63) is 60.7 Å². The molecule has 4 nitrogen and oxygen atoms in total. The van der Waals surface area contributed by atoms with Crippen molar-refractivity contribution in [2.75, 3.05) is 11.1 Å². The maximum Gasteiger partial charge on any atom is 0.238 e. The molecule has 0 saturated carbocycles. The van der Waals surface area contributed by atoms with E-state index in [0.717, 1.165) is 11.4 Å². The number of para-hydroxylation sites is 2. The Morgan fingerprint density at radius 2 is 1.58 bits per heavy atom. The van der Waals surface area contributed by atoms with E-state index in [-0.39, 0.29) is 12.3 Å². The number of hydrogen-bond acceptors (Lipinski definition) is 3. The zero-order valence-electron chi connectivity index (χ0n) is 10.4. The van der Waals surface area contributed by atoms with Crippen molar-refractivity contribution in [3.63, 3.8) is 0 Å². The molecule has 0 radical (unpaired) electrons. The van der Waals surface area contributed by atoms with E-state index in [2.05, 4.69) is 5.32 Å². The van der Waals surface area contributed by atoms with Gasteiger partial charge in [-0.25, -0.2) is 0 Å². The number of nitriles is 1. The summed E-state index contributed by atoms with van der Waals surface area (Å²) in [5, 5.41) is 10.8. The topological polar surface area (TPSA) is 78.9 Å². The highest BCUT2D eigenvalue weighted by atomic mass is 16.1. The van der Waals surface area contributed by atoms with E-state index in [1.165, 1.54) is 0 Å². The lowest BCUT2D eigenvalue weighted by Gasteiger charge is -2.00. The molecular formula is C15H15N3O. The molecule has 0 spiro atoms. The minimum atomic E-state index is -0.274. The third-order valence-corrected chi connectivity index (χ3v) is 2.10. The number of nitrogen functional groups attached to an aromatic ring is 1. The first-order chi connectivity index (χ1) is 9.22. The average Bonchev–Trinajstić information content (AvgIpc) is 2.42. The largest absolute Gasteiger partial charge is 0.399 e. The first-order valence-corrected chi connectivity index (χ1v) is 5.74. The lowest BCUT2D eigenvalue weighted by atomic mass is 10.3. The Balaban J connectivity index is 0.000000218. The average molecular weight is 253 g/mol. The number of nitrogens with one attached hydrogen (secondary N) is 1. The van der Waals surface area contributed by atoms with Crippen LogP contribution in [0, 0.1) is 11.3 Å². The van der Waals surface area contributed by atoms with Gasteiger partial charge in [-0.1, -0.05) is 36.4 Å². The van der Waals surface area contributed by atoms with Gasteiger partial charge in [0.1, 0.15) is 6.42 Å². The van der Waals surface area contributed by atoms with Gasteiger partial charge in [-0.3, -0.25) is 4.79 Å². The molecule has 4 heteroatoms. The number of carbonyl (C=O) groups is 1. The van der Waals surface area contributed by atoms with Gasteiger partial charge in [0.15, 0.2) is 0 Å². The summed E-state index contributed by atoms with van der Waals surface area (Å²) in [4.78, 5) is 10.9. The van der Waals surface area contributed by atoms with E-state index < -0.39 is 0 Å². The van der Waals surface area contributed by atoms with E-state index in [1.807, 2.05) is 48.5 Å². The van der Waals surface area contributed by atoms with Crippen molar-refractivity contribution in [2.24, 2.45) is 0 Å². The minimum absolute atomic E-state index is 0.102. The minimum Gasteiger partial charge on any atom is -0.399 e. The smallest absolute Gasteiger partial charge is 0.238 e. The van der Waals surface area contributed by atoms with Crippen LogP contribution >= 0.6 is 0 Å². The standard InChI is InChI=1S/C9H8N2O.C6H7N/c10-7-6-9(12)11-8-4-2-1-3-5-8;7-6-4-2-1-3-5-6/h1-5H,6H2,(H,11,12);1-5H,7H2. The quantitative estimate of drug-likeness (QED) is 0.808. The number of carbonyl (C=O) groups excluding carboxylic acids is 1. The monoisotopic (exact) mass is 253 g/mol. The third kappa shape index (κ3) is 6.49. The summed E-state index contributed by atoms with van der Waals surface area (Å²) in [7, 11) is 0. The molecule has 96 valence electrons. The van der Waals surface area contributed by atoms with Crippen LogP contribution in [0.1, 0.15) is 6.42 Å². The van der Waals surface area contributed by atoms with E-state index in [9.17, 15) is 4.79 Å². The Labute approximate surface area is 112 Å². The molecule has 1 amide bonds. The molecule has 19 heavy (non-hydrogen) atoms. The highest BCUT2D eigenvalue weighted by Gasteiger charge is 1.98. The molecule has 0 aromatic heterocycles. The van der Waals surface area contributed by atoms with Crippen molar-refractivity contribution >= 4 is 17.3 Å². The van der Waals surface area contributed by atoms with Crippen molar-refractivity contribution in [2.45, 2.75) is 6.42 Å². The van der Waals surface area contributed by atoms with Crippen molar-refractivity contribution < 1.29 is 4.79 Å². The van der Waals surface area contributed by atoms with Crippen LogP contribution in [0.15, 0.2) is 60.7 Å². The molecule has 0 aliphatic carbocycles. The Bertz CT molecular complexity index is 532. The number of amides is 1. The van der Waals surface area contributed by atoms with E-state index in [0.29, 0.717) is 0 Å². The highest BCUT2D eigenvalue weighted by Crippen LogP contribution is 2.04. The fraction of sp³-hybridized carbons (Fsp3) is 0.0667. The van der Waals surface area contributed by atoms with Crippen LogP contribution in [0.4, 0.5) is 11.4 Å². The summed E-state index contributed by atoms with van der Waals surface area (Å²) < 4.78 is 0. The number of nitrogens with zero attached hydrogens (tertiary/aromatic N) is 1. The number of benzene rings is 2. The van der Waals surface area contributed by atoms with Crippen molar-refractivity contribution in [1.29, 1.82) is 5.26 Å². The molecule has 0 atom stereocenters. The van der Waals surface area contributed by atoms with Gasteiger partial charge < -0.3 is 11.1 Å². The van der Waals surface area contributed by atoms with Gasteiger partial charge in [0.2, 0.25) is 5.91 Å². The second-order valence-corrected chi connectivity index (χ2v) is 3.66. The van der Waals surface area contributed by atoms with Gasteiger partial charge in [0.05, 0.1) is 6.07 Å². The summed E-state index contributed by atoms with van der Waals surface area (Å²) >= 11 is 0. The Morgan fingerprint density at radius 3 is 2.00 bits per heavy atom. The van der Waals surface area contributed by atoms with Crippen LogP contribution in [0.25, 0.3) is 0 Å². The van der Waals surface area contributed by atoms with Crippen molar-refractivity contribution in [3.8, 4) is 6.07 Å². The highest BCUT2D eigenvalue weighted by molar-refractivity contribution is 5.91. The van der Waals surface area contributed by atoms with Crippen LogP contribution < -0.4 is 11.1 Å². The predicted octanol–water partition coefficient (Wildman–Crippen LogP) is 2.81. The Hall–Kier alpha value is -2.80. The zero-order chi connectivity index (χ0) is 13.9. The van der Waals surface area contributed by atoms with Crippen LogP contribution in [-0.2, 0) is 4.79 Å². The molecule has 0 bridgehead atoms. The Morgan fingerprint density at radius 1 is 1.05 bits per heavy atom. The first-order valence-electron chi connectivity index (χ1n) is 5.74. The molecule has 0 unspecified atom stereocenters. The lowest BCUT2D eigenvalue weighted by molar-refractivity contribution is -0.115. The van der Waals surface area contributed by atoms with Crippen LogP contribution in [0.5, 0.6) is 0 Å². The van der Waals surface area contributed by atoms with Crippen molar-refractivity contribution in [1.82, 2.24) is 0 Å². The molecule has 0 heterocycles. The van der Waals surface area contributed by atoms with Crippen LogP contribution in [0.2, 0.25) is 0 Å². The summed E-state index contributed by atoms with van der Waals surface area (Å²) in [6, 6.07) is 20.3. The molecule has 0 aliphatic rings. The SMILES string of the molecule is N#CCC(=O)Nc1ccccc1.Nc1ccccc1. The van der Waals surface area contributed by atoms with Gasteiger partial charge in [0, 0.05) is 11.4 Å². The van der Waals surface area contributed by atoms with Crippen LogP contribution in [0.3, 0.4) is 0 Å². The number of anilines is 2.